The maximum absolute atomic E-state index is 13.7. The van der Waals surface area contributed by atoms with E-state index in [4.69, 9.17) is 0 Å². The van der Waals surface area contributed by atoms with Gasteiger partial charge in [-0.25, -0.2) is 9.97 Å². The van der Waals surface area contributed by atoms with Gasteiger partial charge in [0.25, 0.3) is 5.91 Å². The van der Waals surface area contributed by atoms with Crippen molar-refractivity contribution < 1.29 is 9.90 Å². The summed E-state index contributed by atoms with van der Waals surface area (Å²) < 4.78 is 0. The number of nitrogens with one attached hydrogen (secondary N) is 1. The second-order valence-electron chi connectivity index (χ2n) is 7.67. The zero-order valence-corrected chi connectivity index (χ0v) is 18.7. The molecule has 5 rings (SSSR count). The number of carbonyl (C=O) groups is 1. The molecule has 0 aliphatic heterocycles. The molecule has 2 aromatic heterocycles. The van der Waals surface area contributed by atoms with E-state index in [9.17, 15) is 9.90 Å². The van der Waals surface area contributed by atoms with Crippen LogP contribution in [0.2, 0.25) is 0 Å². The summed E-state index contributed by atoms with van der Waals surface area (Å²) in [6, 6.07) is 26.1. The van der Waals surface area contributed by atoms with Crippen LogP contribution < -0.4 is 5.32 Å². The lowest BCUT2D eigenvalue weighted by molar-refractivity contribution is 0.0942. The van der Waals surface area contributed by atoms with Crippen molar-refractivity contribution in [3.05, 3.63) is 112 Å². The first-order valence-electron chi connectivity index (χ1n) is 10.6. The number of para-hydroxylation sites is 1. The van der Waals surface area contributed by atoms with Gasteiger partial charge in [0.1, 0.15) is 5.69 Å². The molecule has 0 aliphatic carbocycles. The Bertz CT molecular complexity index is 1430. The average Bonchev–Trinajstić information content (AvgIpc) is 3.29. The summed E-state index contributed by atoms with van der Waals surface area (Å²) in [6.07, 6.45) is 1.79. The van der Waals surface area contributed by atoms with Crippen molar-refractivity contribution in [2.75, 3.05) is 0 Å². The fourth-order valence-corrected chi connectivity index (χ4v) is 4.77. The van der Waals surface area contributed by atoms with Crippen molar-refractivity contribution in [1.82, 2.24) is 15.3 Å². The van der Waals surface area contributed by atoms with E-state index in [1.54, 1.807) is 12.3 Å². The molecule has 5 aromatic rings. The molecule has 0 radical (unpaired) electrons. The third-order valence-electron chi connectivity index (χ3n) is 5.47. The maximum Gasteiger partial charge on any atom is 0.256 e. The lowest BCUT2D eigenvalue weighted by Gasteiger charge is -2.19. The molecule has 0 spiro atoms. The normalized spacial score (nSPS) is 11.9. The number of hydrogen-bond acceptors (Lipinski definition) is 5. The van der Waals surface area contributed by atoms with E-state index >= 15 is 0 Å². The van der Waals surface area contributed by atoms with Gasteiger partial charge in [0.2, 0.25) is 0 Å². The second-order valence-corrected chi connectivity index (χ2v) is 8.93. The van der Waals surface area contributed by atoms with Crippen LogP contribution in [0.5, 0.6) is 5.75 Å². The Morgan fingerprint density at radius 1 is 0.939 bits per heavy atom. The molecule has 0 saturated heterocycles. The smallest absolute Gasteiger partial charge is 0.256 e. The van der Waals surface area contributed by atoms with Crippen LogP contribution in [0.3, 0.4) is 0 Å². The zero-order valence-electron chi connectivity index (χ0n) is 17.9. The monoisotopic (exact) mass is 451 g/mol. The number of aromatic nitrogens is 2. The zero-order chi connectivity index (χ0) is 22.8. The number of thiazole rings is 1. The summed E-state index contributed by atoms with van der Waals surface area (Å²) in [5, 5.41) is 15.9. The number of amides is 1. The number of pyridine rings is 1. The molecular formula is C27H21N3O2S. The Morgan fingerprint density at radius 2 is 1.61 bits per heavy atom. The Labute approximate surface area is 195 Å². The third kappa shape index (κ3) is 4.08. The van der Waals surface area contributed by atoms with Gasteiger partial charge in [-0.3, -0.25) is 4.79 Å². The number of carbonyl (C=O) groups excluding carboxylic acids is 1. The highest BCUT2D eigenvalue weighted by Crippen LogP contribution is 2.36. The van der Waals surface area contributed by atoms with Crippen molar-refractivity contribution >= 4 is 28.1 Å². The van der Waals surface area contributed by atoms with Crippen molar-refractivity contribution in [2.24, 2.45) is 0 Å². The van der Waals surface area contributed by atoms with Crippen molar-refractivity contribution in [1.29, 1.82) is 0 Å². The fourth-order valence-electron chi connectivity index (χ4n) is 3.91. The van der Waals surface area contributed by atoms with Gasteiger partial charge in [0.05, 0.1) is 27.0 Å². The summed E-state index contributed by atoms with van der Waals surface area (Å²) in [5.41, 5.74) is 2.92. The van der Waals surface area contributed by atoms with E-state index < -0.39 is 6.04 Å². The number of rotatable bonds is 5. The predicted molar refractivity (Wildman–Crippen MR) is 131 cm³/mol. The highest BCUT2D eigenvalue weighted by molar-refractivity contribution is 7.11. The topological polar surface area (TPSA) is 75.1 Å². The van der Waals surface area contributed by atoms with Crippen molar-refractivity contribution in [3.63, 3.8) is 0 Å². The first-order chi connectivity index (χ1) is 16.1. The quantitative estimate of drug-likeness (QED) is 0.349. The van der Waals surface area contributed by atoms with E-state index in [1.165, 1.54) is 11.3 Å². The van der Waals surface area contributed by atoms with Crippen LogP contribution in [0.1, 0.15) is 31.8 Å². The fraction of sp³-hybridized carbons (Fsp3) is 0.0741. The highest BCUT2D eigenvalue weighted by Gasteiger charge is 2.25. The Hall–Kier alpha value is -4.03. The van der Waals surface area contributed by atoms with E-state index in [-0.39, 0.29) is 17.2 Å². The predicted octanol–water partition coefficient (Wildman–Crippen LogP) is 5.89. The minimum absolute atomic E-state index is 0.135. The van der Waals surface area contributed by atoms with Crippen LogP contribution in [0.15, 0.2) is 91.1 Å². The molecule has 2 N–H and O–H groups in total. The largest absolute Gasteiger partial charge is 0.505 e. The Kier molecular flexibility index (Phi) is 5.59. The van der Waals surface area contributed by atoms with Gasteiger partial charge >= 0.3 is 0 Å². The second kappa shape index (κ2) is 8.84. The van der Waals surface area contributed by atoms with Crippen LogP contribution in [0.4, 0.5) is 0 Å². The summed E-state index contributed by atoms with van der Waals surface area (Å²) in [7, 11) is 0. The minimum Gasteiger partial charge on any atom is -0.505 e. The van der Waals surface area contributed by atoms with Crippen molar-refractivity contribution in [3.8, 4) is 17.0 Å². The summed E-state index contributed by atoms with van der Waals surface area (Å²) >= 11 is 1.54. The number of nitrogens with zero attached hydrogens (tertiary/aromatic N) is 2. The molecular weight excluding hydrogens is 430 g/mol. The molecule has 2 heterocycles. The number of benzene rings is 3. The maximum atomic E-state index is 13.7. The van der Waals surface area contributed by atoms with Crippen LogP contribution in [-0.4, -0.2) is 21.0 Å². The van der Waals surface area contributed by atoms with Gasteiger partial charge in [-0.05, 0) is 18.6 Å². The lowest BCUT2D eigenvalue weighted by Crippen LogP contribution is -2.29. The molecule has 162 valence electrons. The molecule has 0 saturated carbocycles. The Balaban J connectivity index is 1.63. The number of aromatic hydroxyl groups is 1. The van der Waals surface area contributed by atoms with Gasteiger partial charge in [-0.15, -0.1) is 11.3 Å². The minimum atomic E-state index is -0.392. The molecule has 0 fully saturated rings. The van der Waals surface area contributed by atoms with Gasteiger partial charge in [-0.2, -0.15) is 0 Å². The van der Waals surface area contributed by atoms with Crippen LogP contribution >= 0.6 is 11.3 Å². The highest BCUT2D eigenvalue weighted by atomic mass is 32.1. The standard InChI is InChI=1S/C27H21N3O2S/c1-17-28-16-22(33-17)24(18-10-4-2-5-11-18)30-27(32)23-20-14-8-9-15-21(20)29-25(26(23)31)19-12-6-3-7-13-19/h2-16,24,31H,1H3,(H,30,32). The lowest BCUT2D eigenvalue weighted by atomic mass is 10.0. The molecule has 5 nitrogen and oxygen atoms in total. The summed E-state index contributed by atoms with van der Waals surface area (Å²) in [5.74, 6) is -0.507. The summed E-state index contributed by atoms with van der Waals surface area (Å²) in [6.45, 7) is 1.94. The number of hydrogen-bond donors (Lipinski definition) is 2. The van der Waals surface area contributed by atoms with Crippen LogP contribution in [0, 0.1) is 6.92 Å². The molecule has 1 amide bonds. The number of fused-ring (bicyclic) bond motifs is 1. The first kappa shape index (κ1) is 20.8. The van der Waals surface area contributed by atoms with Gasteiger partial charge in [0.15, 0.2) is 5.75 Å². The molecule has 6 heteroatoms. The summed E-state index contributed by atoms with van der Waals surface area (Å²) in [4.78, 5) is 23.7. The number of aryl methyl sites for hydroxylation is 1. The van der Waals surface area contributed by atoms with E-state index in [1.807, 2.05) is 85.8 Å². The SMILES string of the molecule is Cc1ncc(C(NC(=O)c2c(O)c(-c3ccccc3)nc3ccccc23)c2ccccc2)s1. The van der Waals surface area contributed by atoms with E-state index in [0.29, 0.717) is 16.6 Å². The average molecular weight is 452 g/mol. The van der Waals surface area contributed by atoms with Crippen LogP contribution in [0.25, 0.3) is 22.2 Å². The molecule has 3 aromatic carbocycles. The molecule has 0 aliphatic rings. The molecule has 0 bridgehead atoms. The van der Waals surface area contributed by atoms with E-state index in [2.05, 4.69) is 15.3 Å². The van der Waals surface area contributed by atoms with E-state index in [0.717, 1.165) is 21.0 Å². The van der Waals surface area contributed by atoms with Gasteiger partial charge in [0, 0.05) is 17.1 Å². The third-order valence-corrected chi connectivity index (χ3v) is 6.45. The molecule has 1 atom stereocenters. The van der Waals surface area contributed by atoms with Gasteiger partial charge in [-0.1, -0.05) is 78.9 Å². The molecule has 33 heavy (non-hydrogen) atoms. The van der Waals surface area contributed by atoms with Gasteiger partial charge < -0.3 is 10.4 Å². The first-order valence-corrected chi connectivity index (χ1v) is 11.4. The van der Waals surface area contributed by atoms with Crippen molar-refractivity contribution in [2.45, 2.75) is 13.0 Å². The van der Waals surface area contributed by atoms with Crippen LogP contribution in [-0.2, 0) is 0 Å². The molecule has 1 unspecified atom stereocenters. The Morgan fingerprint density at radius 3 is 2.30 bits per heavy atom.